The zero-order valence-corrected chi connectivity index (χ0v) is 10.3. The van der Waals surface area contributed by atoms with Crippen LogP contribution >= 0.6 is 0 Å². The molecule has 15 heavy (non-hydrogen) atoms. The van der Waals surface area contributed by atoms with Crippen LogP contribution < -0.4 is 0 Å². The summed E-state index contributed by atoms with van der Waals surface area (Å²) in [4.78, 5) is 10.4. The second-order valence-electron chi connectivity index (χ2n) is 5.44. The third-order valence-corrected chi connectivity index (χ3v) is 3.16. The Bertz CT molecular complexity index is 227. The van der Waals surface area contributed by atoms with Crippen molar-refractivity contribution in [2.75, 3.05) is 0 Å². The van der Waals surface area contributed by atoms with Crippen molar-refractivity contribution in [3.63, 3.8) is 0 Å². The van der Waals surface area contributed by atoms with E-state index in [9.17, 15) is 4.79 Å². The Balaban J connectivity index is 2.47. The highest BCUT2D eigenvalue weighted by Crippen LogP contribution is 2.33. The molecule has 0 aliphatic heterocycles. The predicted molar refractivity (Wildman–Crippen MR) is 64.7 cm³/mol. The van der Waals surface area contributed by atoms with Gasteiger partial charge in [-0.3, -0.25) is 0 Å². The number of hydrogen-bond acceptors (Lipinski definition) is 1. The summed E-state index contributed by atoms with van der Waals surface area (Å²) >= 11 is 0. The highest BCUT2D eigenvalue weighted by molar-refractivity contribution is 5.49. The summed E-state index contributed by atoms with van der Waals surface area (Å²) < 4.78 is 0. The summed E-state index contributed by atoms with van der Waals surface area (Å²) in [5.41, 5.74) is 1.52. The van der Waals surface area contributed by atoms with E-state index in [0.717, 1.165) is 24.5 Å². The summed E-state index contributed by atoms with van der Waals surface area (Å²) in [7, 11) is 0. The maximum Gasteiger partial charge on any atom is 0.120 e. The molecular weight excluding hydrogens is 184 g/mol. The van der Waals surface area contributed by atoms with Crippen LogP contribution in [0.25, 0.3) is 0 Å². The van der Waals surface area contributed by atoms with E-state index in [4.69, 9.17) is 0 Å². The molecule has 2 unspecified atom stereocenters. The molecule has 0 saturated heterocycles. The lowest BCUT2D eigenvalue weighted by molar-refractivity contribution is -0.107. The van der Waals surface area contributed by atoms with E-state index in [2.05, 4.69) is 26.8 Å². The fraction of sp³-hybridized carbons (Fsp3) is 0.786. The molecule has 1 rings (SSSR count). The Kier molecular flexibility index (Phi) is 5.07. The molecule has 0 heterocycles. The number of allylic oxidation sites excluding steroid dienone is 2. The maximum absolute atomic E-state index is 10.4. The predicted octanol–water partition coefficient (Wildman–Crippen LogP) is 3.98. The van der Waals surface area contributed by atoms with Gasteiger partial charge >= 0.3 is 0 Å². The monoisotopic (exact) mass is 208 g/mol. The van der Waals surface area contributed by atoms with Gasteiger partial charge in [-0.05, 0) is 43.4 Å². The molecule has 0 radical (unpaired) electrons. The first-order chi connectivity index (χ1) is 7.11. The minimum atomic E-state index is 0.701. The molecule has 86 valence electrons. The third kappa shape index (κ3) is 4.63. The second-order valence-corrected chi connectivity index (χ2v) is 5.44. The minimum Gasteiger partial charge on any atom is -0.303 e. The lowest BCUT2D eigenvalue weighted by Crippen LogP contribution is -2.14. The molecule has 0 saturated carbocycles. The SMILES string of the molecule is CC(C)CC1CC(CCC=O)=CC(C)C1. The van der Waals surface area contributed by atoms with Crippen LogP contribution in [0.5, 0.6) is 0 Å². The van der Waals surface area contributed by atoms with Gasteiger partial charge in [0.25, 0.3) is 0 Å². The van der Waals surface area contributed by atoms with Crippen molar-refractivity contribution in [3.8, 4) is 0 Å². The molecule has 1 aliphatic rings. The van der Waals surface area contributed by atoms with Crippen molar-refractivity contribution in [2.45, 2.75) is 52.9 Å². The van der Waals surface area contributed by atoms with E-state index in [0.29, 0.717) is 12.3 Å². The lowest BCUT2D eigenvalue weighted by Gasteiger charge is -2.27. The zero-order chi connectivity index (χ0) is 11.3. The highest BCUT2D eigenvalue weighted by atomic mass is 16.1. The van der Waals surface area contributed by atoms with Gasteiger partial charge in [0.1, 0.15) is 6.29 Å². The molecule has 1 nitrogen and oxygen atoms in total. The zero-order valence-electron chi connectivity index (χ0n) is 10.3. The molecule has 0 N–H and O–H groups in total. The number of aldehydes is 1. The summed E-state index contributed by atoms with van der Waals surface area (Å²) in [6.45, 7) is 6.90. The van der Waals surface area contributed by atoms with Crippen molar-refractivity contribution < 1.29 is 4.79 Å². The van der Waals surface area contributed by atoms with Crippen LogP contribution in [0, 0.1) is 17.8 Å². The largest absolute Gasteiger partial charge is 0.303 e. The van der Waals surface area contributed by atoms with Crippen molar-refractivity contribution >= 4 is 6.29 Å². The van der Waals surface area contributed by atoms with Gasteiger partial charge in [0.15, 0.2) is 0 Å². The molecule has 0 aromatic rings. The van der Waals surface area contributed by atoms with Gasteiger partial charge in [-0.15, -0.1) is 0 Å². The molecule has 1 heteroatoms. The van der Waals surface area contributed by atoms with E-state index in [1.807, 2.05) is 0 Å². The number of rotatable bonds is 5. The van der Waals surface area contributed by atoms with Crippen LogP contribution in [-0.4, -0.2) is 6.29 Å². The van der Waals surface area contributed by atoms with E-state index in [-0.39, 0.29) is 0 Å². The molecule has 0 amide bonds. The Morgan fingerprint density at radius 1 is 1.53 bits per heavy atom. The summed E-state index contributed by atoms with van der Waals surface area (Å²) in [5.74, 6) is 2.36. The van der Waals surface area contributed by atoms with Crippen LogP contribution in [0.15, 0.2) is 11.6 Å². The Morgan fingerprint density at radius 2 is 2.27 bits per heavy atom. The highest BCUT2D eigenvalue weighted by Gasteiger charge is 2.20. The first-order valence-corrected chi connectivity index (χ1v) is 6.25. The normalized spacial score (nSPS) is 26.5. The molecule has 1 aliphatic carbocycles. The minimum absolute atomic E-state index is 0.701. The standard InChI is InChI=1S/C14H24O/c1-11(2)7-14-9-12(3)8-13(10-14)5-4-6-15/h6,8,11-12,14H,4-5,7,9-10H2,1-3H3. The van der Waals surface area contributed by atoms with Gasteiger partial charge in [-0.2, -0.15) is 0 Å². The number of carbonyl (C=O) groups excluding carboxylic acids is 1. The molecule has 0 aromatic heterocycles. The number of carbonyl (C=O) groups is 1. The smallest absolute Gasteiger partial charge is 0.120 e. The first-order valence-electron chi connectivity index (χ1n) is 6.25. The first kappa shape index (κ1) is 12.5. The summed E-state index contributed by atoms with van der Waals surface area (Å²) in [6, 6.07) is 0. The third-order valence-electron chi connectivity index (χ3n) is 3.16. The van der Waals surface area contributed by atoms with E-state index < -0.39 is 0 Å². The molecule has 0 fully saturated rings. The molecule has 0 spiro atoms. The molecular formula is C14H24O. The van der Waals surface area contributed by atoms with Gasteiger partial charge in [0.2, 0.25) is 0 Å². The fourth-order valence-corrected chi connectivity index (χ4v) is 2.79. The van der Waals surface area contributed by atoms with E-state index in [1.165, 1.54) is 24.8 Å². The number of hydrogen-bond donors (Lipinski definition) is 0. The average molecular weight is 208 g/mol. The van der Waals surface area contributed by atoms with Crippen molar-refractivity contribution in [2.24, 2.45) is 17.8 Å². The Morgan fingerprint density at radius 3 is 2.87 bits per heavy atom. The summed E-state index contributed by atoms with van der Waals surface area (Å²) in [5, 5.41) is 0. The summed E-state index contributed by atoms with van der Waals surface area (Å²) in [6.07, 6.45) is 9.02. The molecule has 0 aromatic carbocycles. The molecule has 2 atom stereocenters. The van der Waals surface area contributed by atoms with Gasteiger partial charge in [0.05, 0.1) is 0 Å². The second kappa shape index (κ2) is 6.09. The van der Waals surface area contributed by atoms with Crippen LogP contribution in [0.1, 0.15) is 52.9 Å². The van der Waals surface area contributed by atoms with Crippen LogP contribution in [-0.2, 0) is 4.79 Å². The van der Waals surface area contributed by atoms with Crippen molar-refractivity contribution in [1.29, 1.82) is 0 Å². The van der Waals surface area contributed by atoms with Crippen LogP contribution in [0.3, 0.4) is 0 Å². The topological polar surface area (TPSA) is 17.1 Å². The van der Waals surface area contributed by atoms with Crippen LogP contribution in [0.2, 0.25) is 0 Å². The maximum atomic E-state index is 10.4. The quantitative estimate of drug-likeness (QED) is 0.493. The van der Waals surface area contributed by atoms with Gasteiger partial charge in [0, 0.05) is 6.42 Å². The molecule has 0 bridgehead atoms. The van der Waals surface area contributed by atoms with Crippen LogP contribution in [0.4, 0.5) is 0 Å². The van der Waals surface area contributed by atoms with Crippen molar-refractivity contribution in [1.82, 2.24) is 0 Å². The van der Waals surface area contributed by atoms with Gasteiger partial charge in [-0.1, -0.05) is 32.4 Å². The lowest BCUT2D eigenvalue weighted by atomic mass is 9.78. The van der Waals surface area contributed by atoms with E-state index >= 15 is 0 Å². The average Bonchev–Trinajstić information content (AvgIpc) is 2.12. The van der Waals surface area contributed by atoms with Gasteiger partial charge < -0.3 is 4.79 Å². The fourth-order valence-electron chi connectivity index (χ4n) is 2.79. The van der Waals surface area contributed by atoms with Gasteiger partial charge in [-0.25, -0.2) is 0 Å². The Labute approximate surface area is 93.9 Å². The van der Waals surface area contributed by atoms with E-state index in [1.54, 1.807) is 0 Å². The Hall–Kier alpha value is -0.590. The van der Waals surface area contributed by atoms with Crippen molar-refractivity contribution in [3.05, 3.63) is 11.6 Å².